The van der Waals surface area contributed by atoms with Crippen LogP contribution in [-0.4, -0.2) is 29.7 Å². The summed E-state index contributed by atoms with van der Waals surface area (Å²) in [5.41, 5.74) is 2.99. The lowest BCUT2D eigenvalue weighted by molar-refractivity contribution is -0.117. The Morgan fingerprint density at radius 3 is 3.00 bits per heavy atom. The first-order valence-electron chi connectivity index (χ1n) is 8.79. The van der Waals surface area contributed by atoms with Crippen LogP contribution in [0, 0.1) is 25.2 Å². The number of carbonyl (C=O) groups excluding carboxylic acids is 1. The van der Waals surface area contributed by atoms with Crippen molar-refractivity contribution in [2.45, 2.75) is 39.3 Å². The van der Waals surface area contributed by atoms with E-state index in [4.69, 9.17) is 9.15 Å². The number of nitrogens with zero attached hydrogens (tertiary/aromatic N) is 2. The van der Waals surface area contributed by atoms with E-state index in [0.717, 1.165) is 42.2 Å². The molecule has 1 N–H and O–H groups in total. The summed E-state index contributed by atoms with van der Waals surface area (Å²) in [7, 11) is 0. The van der Waals surface area contributed by atoms with Crippen molar-refractivity contribution in [3.8, 4) is 6.07 Å². The third kappa shape index (κ3) is 4.06. The molecule has 1 aliphatic rings. The fourth-order valence-corrected chi connectivity index (χ4v) is 3.19. The lowest BCUT2D eigenvalue weighted by Crippen LogP contribution is -2.32. The predicted octanol–water partition coefficient (Wildman–Crippen LogP) is 2.95. The Kier molecular flexibility index (Phi) is 5.59. The van der Waals surface area contributed by atoms with Crippen molar-refractivity contribution in [3.63, 3.8) is 0 Å². The molecule has 0 radical (unpaired) electrons. The number of amides is 1. The Bertz CT molecular complexity index is 835. The van der Waals surface area contributed by atoms with Gasteiger partial charge in [0.05, 0.1) is 18.9 Å². The minimum atomic E-state index is -0.362. The standard InChI is InChI=1S/C20H23N3O3/c1-14-9-16(15(2)23(14)13-19-6-4-8-26-19)10-17(11-21)20(24)22-12-18-5-3-7-25-18/h4,6,8-10,18H,3,5,7,12-13H2,1-2H3,(H,22,24). The van der Waals surface area contributed by atoms with Crippen LogP contribution in [0.5, 0.6) is 0 Å². The fourth-order valence-electron chi connectivity index (χ4n) is 3.19. The molecular formula is C20H23N3O3. The molecule has 0 aliphatic carbocycles. The Balaban J connectivity index is 1.74. The van der Waals surface area contributed by atoms with Crippen LogP contribution >= 0.6 is 0 Å². The number of carbonyl (C=O) groups is 1. The zero-order valence-electron chi connectivity index (χ0n) is 15.1. The maximum atomic E-state index is 12.3. The number of hydrogen-bond acceptors (Lipinski definition) is 4. The molecule has 1 unspecified atom stereocenters. The number of rotatable bonds is 6. The number of hydrogen-bond donors (Lipinski definition) is 1. The van der Waals surface area contributed by atoms with Crippen LogP contribution in [0.15, 0.2) is 34.5 Å². The number of ether oxygens (including phenoxy) is 1. The second-order valence-corrected chi connectivity index (χ2v) is 6.51. The maximum absolute atomic E-state index is 12.3. The van der Waals surface area contributed by atoms with Crippen LogP contribution in [0.3, 0.4) is 0 Å². The average Bonchev–Trinajstić information content (AvgIpc) is 3.37. The van der Waals surface area contributed by atoms with Gasteiger partial charge in [-0.05, 0) is 56.5 Å². The molecule has 6 heteroatoms. The zero-order chi connectivity index (χ0) is 18.5. The van der Waals surface area contributed by atoms with E-state index < -0.39 is 0 Å². The van der Waals surface area contributed by atoms with Gasteiger partial charge in [0, 0.05) is 24.5 Å². The van der Waals surface area contributed by atoms with E-state index in [1.165, 1.54) is 0 Å². The molecule has 1 aliphatic heterocycles. The predicted molar refractivity (Wildman–Crippen MR) is 97.3 cm³/mol. The zero-order valence-corrected chi connectivity index (χ0v) is 15.1. The van der Waals surface area contributed by atoms with Crippen LogP contribution in [-0.2, 0) is 16.1 Å². The van der Waals surface area contributed by atoms with Crippen molar-refractivity contribution in [1.29, 1.82) is 5.26 Å². The number of aromatic nitrogens is 1. The molecule has 6 nitrogen and oxygen atoms in total. The highest BCUT2D eigenvalue weighted by Crippen LogP contribution is 2.20. The van der Waals surface area contributed by atoms with Crippen LogP contribution in [0.1, 0.15) is 35.6 Å². The van der Waals surface area contributed by atoms with Gasteiger partial charge in [-0.2, -0.15) is 5.26 Å². The van der Waals surface area contributed by atoms with E-state index >= 15 is 0 Å². The molecule has 26 heavy (non-hydrogen) atoms. The third-order valence-electron chi connectivity index (χ3n) is 4.69. The normalized spacial score (nSPS) is 17.3. The molecule has 1 saturated heterocycles. The largest absolute Gasteiger partial charge is 0.467 e. The van der Waals surface area contributed by atoms with Gasteiger partial charge in [-0.15, -0.1) is 0 Å². The van der Waals surface area contributed by atoms with Crippen LogP contribution in [0.2, 0.25) is 0 Å². The van der Waals surface area contributed by atoms with Crippen molar-refractivity contribution in [2.24, 2.45) is 0 Å². The summed E-state index contributed by atoms with van der Waals surface area (Å²) >= 11 is 0. The van der Waals surface area contributed by atoms with Gasteiger partial charge < -0.3 is 19.0 Å². The van der Waals surface area contributed by atoms with Crippen LogP contribution in [0.4, 0.5) is 0 Å². The van der Waals surface area contributed by atoms with Gasteiger partial charge in [0.25, 0.3) is 5.91 Å². The first-order valence-corrected chi connectivity index (χ1v) is 8.79. The molecule has 1 atom stereocenters. The third-order valence-corrected chi connectivity index (χ3v) is 4.69. The SMILES string of the molecule is Cc1cc(C=C(C#N)C(=O)NCC2CCCO2)c(C)n1Cc1ccco1. The van der Waals surface area contributed by atoms with Gasteiger partial charge in [0.15, 0.2) is 0 Å². The summed E-state index contributed by atoms with van der Waals surface area (Å²) in [5.74, 6) is 0.496. The molecule has 2 aromatic heterocycles. The molecule has 3 heterocycles. The Morgan fingerprint density at radius 2 is 2.35 bits per heavy atom. The minimum absolute atomic E-state index is 0.0530. The number of aryl methyl sites for hydroxylation is 1. The van der Waals surface area contributed by atoms with Crippen molar-refractivity contribution < 1.29 is 13.9 Å². The van der Waals surface area contributed by atoms with Gasteiger partial charge in [-0.25, -0.2) is 0 Å². The molecule has 1 amide bonds. The monoisotopic (exact) mass is 353 g/mol. The highest BCUT2D eigenvalue weighted by atomic mass is 16.5. The Labute approximate surface area is 153 Å². The molecule has 0 aromatic carbocycles. The minimum Gasteiger partial charge on any atom is -0.467 e. The molecule has 0 bridgehead atoms. The number of nitrogens with one attached hydrogen (secondary N) is 1. The maximum Gasteiger partial charge on any atom is 0.262 e. The summed E-state index contributed by atoms with van der Waals surface area (Å²) in [4.78, 5) is 12.3. The first kappa shape index (κ1) is 18.0. The lowest BCUT2D eigenvalue weighted by Gasteiger charge is -2.10. The summed E-state index contributed by atoms with van der Waals surface area (Å²) in [5, 5.41) is 12.2. The smallest absolute Gasteiger partial charge is 0.262 e. The fraction of sp³-hybridized carbons (Fsp3) is 0.400. The Morgan fingerprint density at radius 1 is 1.50 bits per heavy atom. The van der Waals surface area contributed by atoms with Crippen LogP contribution in [0.25, 0.3) is 6.08 Å². The first-order chi connectivity index (χ1) is 12.6. The molecular weight excluding hydrogens is 330 g/mol. The second-order valence-electron chi connectivity index (χ2n) is 6.51. The van der Waals surface area contributed by atoms with E-state index in [9.17, 15) is 10.1 Å². The Hall–Kier alpha value is -2.78. The van der Waals surface area contributed by atoms with Gasteiger partial charge in [0.1, 0.15) is 17.4 Å². The molecule has 3 rings (SSSR count). The highest BCUT2D eigenvalue weighted by Gasteiger charge is 2.18. The van der Waals surface area contributed by atoms with E-state index in [2.05, 4.69) is 9.88 Å². The second kappa shape index (κ2) is 8.07. The van der Waals surface area contributed by atoms with E-state index in [1.54, 1.807) is 12.3 Å². The summed E-state index contributed by atoms with van der Waals surface area (Å²) in [6, 6.07) is 7.76. The summed E-state index contributed by atoms with van der Waals surface area (Å²) in [6.07, 6.45) is 5.31. The van der Waals surface area contributed by atoms with Crippen molar-refractivity contribution in [1.82, 2.24) is 9.88 Å². The van der Waals surface area contributed by atoms with Gasteiger partial charge in [0.2, 0.25) is 0 Å². The van der Waals surface area contributed by atoms with E-state index in [0.29, 0.717) is 13.1 Å². The summed E-state index contributed by atoms with van der Waals surface area (Å²) in [6.45, 7) is 5.77. The lowest BCUT2D eigenvalue weighted by atomic mass is 10.1. The number of nitriles is 1. The van der Waals surface area contributed by atoms with Crippen molar-refractivity contribution >= 4 is 12.0 Å². The topological polar surface area (TPSA) is 80.2 Å². The molecule has 0 saturated carbocycles. The van der Waals surface area contributed by atoms with Gasteiger partial charge in [-0.3, -0.25) is 4.79 Å². The van der Waals surface area contributed by atoms with Crippen molar-refractivity contribution in [2.75, 3.05) is 13.2 Å². The van der Waals surface area contributed by atoms with E-state index in [-0.39, 0.29) is 17.6 Å². The quantitative estimate of drug-likeness (QED) is 0.639. The van der Waals surface area contributed by atoms with E-state index in [1.807, 2.05) is 38.1 Å². The highest BCUT2D eigenvalue weighted by molar-refractivity contribution is 6.01. The molecule has 1 fully saturated rings. The average molecular weight is 353 g/mol. The van der Waals surface area contributed by atoms with Crippen LogP contribution < -0.4 is 5.32 Å². The van der Waals surface area contributed by atoms with Gasteiger partial charge >= 0.3 is 0 Å². The molecule has 2 aromatic rings. The molecule has 0 spiro atoms. The summed E-state index contributed by atoms with van der Waals surface area (Å²) < 4.78 is 13.0. The molecule has 136 valence electrons. The van der Waals surface area contributed by atoms with Crippen molar-refractivity contribution in [3.05, 3.63) is 52.7 Å². The number of furan rings is 1. The van der Waals surface area contributed by atoms with Gasteiger partial charge in [-0.1, -0.05) is 0 Å².